The smallest absolute Gasteiger partial charge is 0.302 e. The van der Waals surface area contributed by atoms with Gasteiger partial charge in [0.1, 0.15) is 17.5 Å². The number of likely N-dealkylation sites (tertiary alicyclic amines) is 1. The molecule has 0 aromatic heterocycles. The summed E-state index contributed by atoms with van der Waals surface area (Å²) in [6.07, 6.45) is 2.39. The number of anilines is 1. The Labute approximate surface area is 218 Å². The van der Waals surface area contributed by atoms with E-state index in [2.05, 4.69) is 15.5 Å². The predicted molar refractivity (Wildman–Crippen MR) is 139 cm³/mol. The second-order valence-electron chi connectivity index (χ2n) is 12.0. The Balaban J connectivity index is 1.63. The molecule has 1 aromatic rings. The Morgan fingerprint density at radius 3 is 2.54 bits per heavy atom. The summed E-state index contributed by atoms with van der Waals surface area (Å²) >= 11 is 0. The molecule has 1 saturated carbocycles. The summed E-state index contributed by atoms with van der Waals surface area (Å²) in [5.41, 5.74) is 0.233. The Morgan fingerprint density at radius 1 is 1.27 bits per heavy atom. The number of para-hydroxylation sites is 1. The van der Waals surface area contributed by atoms with Crippen LogP contribution in [0, 0.1) is 17.9 Å². The van der Waals surface area contributed by atoms with Gasteiger partial charge in [0, 0.05) is 26.2 Å². The maximum absolute atomic E-state index is 14.1. The van der Waals surface area contributed by atoms with Gasteiger partial charge in [-0.1, -0.05) is 51.8 Å². The molecule has 0 radical (unpaired) electrons. The summed E-state index contributed by atoms with van der Waals surface area (Å²) in [5, 5.41) is 5.69. The lowest BCUT2D eigenvalue weighted by molar-refractivity contribution is -0.147. The molecule has 0 bridgehead atoms. The minimum absolute atomic E-state index is 0.0849. The quantitative estimate of drug-likeness (QED) is 0.554. The van der Waals surface area contributed by atoms with Crippen LogP contribution >= 0.6 is 0 Å². The van der Waals surface area contributed by atoms with Gasteiger partial charge in [-0.3, -0.25) is 28.9 Å². The molecule has 4 amide bonds. The fourth-order valence-corrected chi connectivity index (χ4v) is 5.67. The first kappa shape index (κ1) is 26.6. The van der Waals surface area contributed by atoms with E-state index in [1.807, 2.05) is 45.0 Å². The first-order valence-electron chi connectivity index (χ1n) is 13.0. The molecule has 2 heterocycles. The van der Waals surface area contributed by atoms with Gasteiger partial charge in [0.15, 0.2) is 0 Å². The first-order valence-corrected chi connectivity index (χ1v) is 13.0. The molecule has 3 aliphatic rings. The Bertz CT molecular complexity index is 1150. The van der Waals surface area contributed by atoms with E-state index in [-0.39, 0.29) is 42.0 Å². The van der Waals surface area contributed by atoms with E-state index in [0.29, 0.717) is 24.4 Å². The molecule has 9 heteroatoms. The summed E-state index contributed by atoms with van der Waals surface area (Å²) in [4.78, 5) is 59.5. The number of amides is 4. The third kappa shape index (κ3) is 5.34. The van der Waals surface area contributed by atoms with Crippen LogP contribution in [0.15, 0.2) is 24.3 Å². The second kappa shape index (κ2) is 9.81. The van der Waals surface area contributed by atoms with Gasteiger partial charge in [-0.25, -0.2) is 6.57 Å². The Hall–Kier alpha value is -3.41. The van der Waals surface area contributed by atoms with Crippen LogP contribution in [-0.2, 0) is 24.6 Å². The Morgan fingerprint density at radius 2 is 1.95 bits per heavy atom. The number of carbonyl (C=O) groups excluding carboxylic acids is 4. The van der Waals surface area contributed by atoms with E-state index in [4.69, 9.17) is 6.57 Å². The van der Waals surface area contributed by atoms with Gasteiger partial charge in [-0.15, -0.1) is 0 Å². The standard InChI is InChI=1S/C28H37N5O4/c1-17(34)30-21(13-18-11-12-18)24(35)32(6)22(14-27(2,3)4)25(36)33-16-28(15-23(33)29-5)19-9-7-8-10-20(19)31-26(28)37/h7-10,18,21-23H,11-16H2,1-4,6H3,(H,30,34)(H,31,37)/t21-,22-,23-,28-/m0/s1. The van der Waals surface area contributed by atoms with Gasteiger partial charge in [0.25, 0.3) is 5.91 Å². The van der Waals surface area contributed by atoms with Crippen molar-refractivity contribution in [2.75, 3.05) is 18.9 Å². The molecule has 4 rings (SSSR count). The molecule has 1 aromatic carbocycles. The number of carbonyl (C=O) groups is 4. The van der Waals surface area contributed by atoms with Crippen LogP contribution in [0.3, 0.4) is 0 Å². The van der Waals surface area contributed by atoms with Crippen molar-refractivity contribution >= 4 is 29.3 Å². The summed E-state index contributed by atoms with van der Waals surface area (Å²) < 4.78 is 0. The van der Waals surface area contributed by atoms with Crippen LogP contribution in [0.2, 0.25) is 0 Å². The van der Waals surface area contributed by atoms with Gasteiger partial charge < -0.3 is 15.5 Å². The number of rotatable bonds is 7. The highest BCUT2D eigenvalue weighted by Gasteiger charge is 2.59. The average Bonchev–Trinajstić information content (AvgIpc) is 3.49. The lowest BCUT2D eigenvalue weighted by atomic mass is 9.80. The minimum atomic E-state index is -0.985. The van der Waals surface area contributed by atoms with Crippen molar-refractivity contribution in [2.45, 2.75) is 83.5 Å². The van der Waals surface area contributed by atoms with Crippen LogP contribution in [0.5, 0.6) is 0 Å². The molecule has 37 heavy (non-hydrogen) atoms. The fourth-order valence-electron chi connectivity index (χ4n) is 5.67. The van der Waals surface area contributed by atoms with Crippen molar-refractivity contribution in [3.8, 4) is 0 Å². The maximum atomic E-state index is 14.1. The van der Waals surface area contributed by atoms with Crippen molar-refractivity contribution in [3.05, 3.63) is 41.2 Å². The minimum Gasteiger partial charge on any atom is -0.345 e. The number of nitrogens with zero attached hydrogens (tertiary/aromatic N) is 3. The zero-order valence-electron chi connectivity index (χ0n) is 22.3. The van der Waals surface area contributed by atoms with Crippen molar-refractivity contribution in [3.63, 3.8) is 0 Å². The number of fused-ring (bicyclic) bond motifs is 2. The summed E-state index contributed by atoms with van der Waals surface area (Å²) in [7, 11) is 1.61. The highest BCUT2D eigenvalue weighted by Crippen LogP contribution is 2.47. The number of nitrogens with one attached hydrogen (secondary N) is 2. The van der Waals surface area contributed by atoms with E-state index >= 15 is 0 Å². The second-order valence-corrected chi connectivity index (χ2v) is 12.0. The van der Waals surface area contributed by atoms with Crippen LogP contribution < -0.4 is 10.6 Å². The SMILES string of the molecule is [C-]#[N+][C@@H]1C[C@@]2(CN1C(=O)[C@H](CC(C)(C)C)N(C)C(=O)[C@H](CC1CC1)NC(C)=O)C(=O)Nc1ccccc12. The fraction of sp³-hybridized carbons (Fsp3) is 0.607. The van der Waals surface area contributed by atoms with Crippen molar-refractivity contribution in [2.24, 2.45) is 11.3 Å². The Kier molecular flexibility index (Phi) is 7.06. The third-order valence-corrected chi connectivity index (χ3v) is 7.74. The van der Waals surface area contributed by atoms with Gasteiger partial charge >= 0.3 is 6.17 Å². The van der Waals surface area contributed by atoms with Gasteiger partial charge in [-0.2, -0.15) is 0 Å². The molecule has 2 N–H and O–H groups in total. The first-order chi connectivity index (χ1) is 17.4. The van der Waals surface area contributed by atoms with Crippen LogP contribution in [0.4, 0.5) is 5.69 Å². The molecular weight excluding hydrogens is 470 g/mol. The van der Waals surface area contributed by atoms with Crippen molar-refractivity contribution in [1.29, 1.82) is 0 Å². The molecule has 1 saturated heterocycles. The van der Waals surface area contributed by atoms with Crippen molar-refractivity contribution in [1.82, 2.24) is 15.1 Å². The molecule has 4 atom stereocenters. The average molecular weight is 508 g/mol. The number of hydrogen-bond acceptors (Lipinski definition) is 4. The zero-order chi connectivity index (χ0) is 27.1. The molecule has 9 nitrogen and oxygen atoms in total. The van der Waals surface area contributed by atoms with E-state index in [0.717, 1.165) is 18.4 Å². The highest BCUT2D eigenvalue weighted by atomic mass is 16.2. The van der Waals surface area contributed by atoms with E-state index in [9.17, 15) is 19.2 Å². The maximum Gasteiger partial charge on any atom is 0.302 e. The number of likely N-dealkylation sites (N-methyl/N-ethyl adjacent to an activating group) is 1. The molecular formula is C28H37N5O4. The molecule has 1 aliphatic carbocycles. The molecule has 1 spiro atoms. The number of benzene rings is 1. The summed E-state index contributed by atoms with van der Waals surface area (Å²) in [5.74, 6) is -0.733. The lowest BCUT2D eigenvalue weighted by Crippen LogP contribution is -2.56. The van der Waals surface area contributed by atoms with E-state index in [1.165, 1.54) is 16.7 Å². The monoisotopic (exact) mass is 507 g/mol. The van der Waals surface area contributed by atoms with E-state index in [1.54, 1.807) is 7.05 Å². The van der Waals surface area contributed by atoms with E-state index < -0.39 is 23.7 Å². The van der Waals surface area contributed by atoms with Crippen LogP contribution in [0.25, 0.3) is 4.85 Å². The number of hydrogen-bond donors (Lipinski definition) is 2. The lowest BCUT2D eigenvalue weighted by Gasteiger charge is -2.36. The molecule has 2 aliphatic heterocycles. The van der Waals surface area contributed by atoms with Gasteiger partial charge in [-0.05, 0) is 35.8 Å². The molecule has 0 unspecified atom stereocenters. The van der Waals surface area contributed by atoms with Crippen LogP contribution in [-0.4, -0.2) is 65.3 Å². The van der Waals surface area contributed by atoms with Crippen molar-refractivity contribution < 1.29 is 19.2 Å². The molecule has 2 fully saturated rings. The van der Waals surface area contributed by atoms with Crippen LogP contribution in [0.1, 0.15) is 65.4 Å². The zero-order valence-corrected chi connectivity index (χ0v) is 22.3. The topological polar surface area (TPSA) is 103 Å². The summed E-state index contributed by atoms with van der Waals surface area (Å²) in [6, 6.07) is 5.88. The normalized spacial score (nSPS) is 24.2. The summed E-state index contributed by atoms with van der Waals surface area (Å²) in [6.45, 7) is 15.3. The van der Waals surface area contributed by atoms with Gasteiger partial charge in [0.05, 0.1) is 6.42 Å². The molecule has 198 valence electrons. The largest absolute Gasteiger partial charge is 0.345 e. The predicted octanol–water partition coefficient (Wildman–Crippen LogP) is 2.92. The van der Waals surface area contributed by atoms with Gasteiger partial charge in [0.2, 0.25) is 17.7 Å². The third-order valence-electron chi connectivity index (χ3n) is 7.74. The highest BCUT2D eigenvalue weighted by molar-refractivity contribution is 6.07.